The third-order valence-electron chi connectivity index (χ3n) is 5.63. The molecule has 0 saturated carbocycles. The van der Waals surface area contributed by atoms with E-state index < -0.39 is 15.8 Å². The van der Waals surface area contributed by atoms with E-state index in [-0.39, 0.29) is 12.3 Å². The molecule has 1 atom stereocenters. The Balaban J connectivity index is 2.01. The maximum atomic E-state index is 12.5. The van der Waals surface area contributed by atoms with Crippen LogP contribution in [-0.4, -0.2) is 30.3 Å². The topological polar surface area (TPSA) is 76.4 Å². The van der Waals surface area contributed by atoms with Gasteiger partial charge in [0, 0.05) is 40.3 Å². The lowest BCUT2D eigenvalue weighted by Crippen LogP contribution is -2.19. The minimum atomic E-state index is -3.44. The van der Waals surface area contributed by atoms with Crippen molar-refractivity contribution in [1.29, 1.82) is 0 Å². The summed E-state index contributed by atoms with van der Waals surface area (Å²) in [5, 5.41) is 10.8. The lowest BCUT2D eigenvalue weighted by atomic mass is 9.88. The van der Waals surface area contributed by atoms with Gasteiger partial charge in [-0.2, -0.15) is 0 Å². The Morgan fingerprint density at radius 3 is 2.59 bits per heavy atom. The number of hydrogen-bond acceptors (Lipinski definition) is 3. The Labute approximate surface area is 174 Å². The number of carboxylic acids is 1. The van der Waals surface area contributed by atoms with Gasteiger partial charge in [0.1, 0.15) is 0 Å². The highest BCUT2D eigenvalue weighted by molar-refractivity contribution is 7.91. The van der Waals surface area contributed by atoms with Crippen LogP contribution in [0.4, 0.5) is 0 Å². The summed E-state index contributed by atoms with van der Waals surface area (Å²) in [4.78, 5) is 11.8. The predicted octanol–water partition coefficient (Wildman–Crippen LogP) is 4.64. The third-order valence-corrected chi connectivity index (χ3v) is 7.02. The number of rotatable bonds is 5. The lowest BCUT2D eigenvalue weighted by molar-refractivity contribution is -0.137. The van der Waals surface area contributed by atoms with Crippen LogP contribution in [0.1, 0.15) is 42.0 Å². The number of fused-ring (bicyclic) bond motifs is 3. The van der Waals surface area contributed by atoms with Gasteiger partial charge in [-0.1, -0.05) is 29.8 Å². The van der Waals surface area contributed by atoms with E-state index in [1.807, 2.05) is 30.3 Å². The first kappa shape index (κ1) is 20.0. The summed E-state index contributed by atoms with van der Waals surface area (Å²) in [6.07, 6.45) is 3.44. The standard InChI is InChI=1S/C22H22ClNO4S/c1-29(27,28)19-6-2-5-18-21(19)17(12-14-7-9-16(23)10-8-14)22-15(13-20(25)26)4-3-11-24(18)22/h2,5-10,15H,3-4,11-13H2,1H3,(H,25,26). The number of aromatic nitrogens is 1. The molecule has 1 N–H and O–H groups in total. The van der Waals surface area contributed by atoms with E-state index in [1.54, 1.807) is 12.1 Å². The zero-order valence-corrected chi connectivity index (χ0v) is 17.6. The fraction of sp³-hybridized carbons (Fsp3) is 0.318. The fourth-order valence-electron chi connectivity index (χ4n) is 4.51. The van der Waals surface area contributed by atoms with E-state index in [2.05, 4.69) is 4.57 Å². The van der Waals surface area contributed by atoms with Gasteiger partial charge in [-0.25, -0.2) is 8.42 Å². The first-order chi connectivity index (χ1) is 13.8. The van der Waals surface area contributed by atoms with Gasteiger partial charge in [-0.3, -0.25) is 4.79 Å². The van der Waals surface area contributed by atoms with Gasteiger partial charge in [0.25, 0.3) is 0 Å². The average Bonchev–Trinajstić information content (AvgIpc) is 2.97. The molecule has 1 aliphatic heterocycles. The highest BCUT2D eigenvalue weighted by atomic mass is 35.5. The highest BCUT2D eigenvalue weighted by Crippen LogP contribution is 2.42. The van der Waals surface area contributed by atoms with Gasteiger partial charge < -0.3 is 9.67 Å². The first-order valence-electron chi connectivity index (χ1n) is 9.56. The molecular formula is C22H22ClNO4S. The van der Waals surface area contributed by atoms with Crippen LogP contribution in [0, 0.1) is 0 Å². The number of aliphatic carboxylic acids is 1. The molecule has 0 bridgehead atoms. The van der Waals surface area contributed by atoms with Gasteiger partial charge in [0.2, 0.25) is 0 Å². The van der Waals surface area contributed by atoms with E-state index in [4.69, 9.17) is 11.6 Å². The summed E-state index contributed by atoms with van der Waals surface area (Å²) in [7, 11) is -3.44. The molecule has 152 valence electrons. The van der Waals surface area contributed by atoms with Gasteiger partial charge in [0.15, 0.2) is 9.84 Å². The van der Waals surface area contributed by atoms with Crippen molar-refractivity contribution in [1.82, 2.24) is 4.57 Å². The molecule has 0 radical (unpaired) electrons. The van der Waals surface area contributed by atoms with Crippen molar-refractivity contribution >= 4 is 38.3 Å². The number of benzene rings is 2. The van der Waals surface area contributed by atoms with Crippen LogP contribution >= 0.6 is 11.6 Å². The van der Waals surface area contributed by atoms with Gasteiger partial charge in [0.05, 0.1) is 11.3 Å². The van der Waals surface area contributed by atoms with Crippen LogP contribution in [0.15, 0.2) is 47.4 Å². The fourth-order valence-corrected chi connectivity index (χ4v) is 5.56. The SMILES string of the molecule is CS(=O)(=O)c1cccc2c1c(Cc1ccc(Cl)cc1)c1n2CCCC1CC(=O)O. The lowest BCUT2D eigenvalue weighted by Gasteiger charge is -2.25. The summed E-state index contributed by atoms with van der Waals surface area (Å²) >= 11 is 6.02. The second kappa shape index (κ2) is 7.50. The van der Waals surface area contributed by atoms with E-state index in [0.717, 1.165) is 47.1 Å². The molecule has 3 aromatic rings. The van der Waals surface area contributed by atoms with Crippen molar-refractivity contribution in [2.45, 2.75) is 43.0 Å². The second-order valence-electron chi connectivity index (χ2n) is 7.68. The number of carbonyl (C=O) groups is 1. The number of halogens is 1. The maximum Gasteiger partial charge on any atom is 0.304 e. The van der Waals surface area contributed by atoms with E-state index in [1.165, 1.54) is 6.26 Å². The normalized spacial score (nSPS) is 16.7. The zero-order chi connectivity index (χ0) is 20.8. The molecule has 1 aromatic heterocycles. The monoisotopic (exact) mass is 431 g/mol. The minimum absolute atomic E-state index is 0.0398. The molecular weight excluding hydrogens is 410 g/mol. The molecule has 2 heterocycles. The van der Waals surface area contributed by atoms with Crippen molar-refractivity contribution in [3.8, 4) is 0 Å². The number of sulfone groups is 1. The molecule has 7 heteroatoms. The van der Waals surface area contributed by atoms with Gasteiger partial charge in [-0.15, -0.1) is 0 Å². The van der Waals surface area contributed by atoms with E-state index in [9.17, 15) is 18.3 Å². The Hall–Kier alpha value is -2.31. The number of hydrogen-bond donors (Lipinski definition) is 1. The Kier molecular flexibility index (Phi) is 5.17. The van der Waals surface area contributed by atoms with Crippen molar-refractivity contribution in [3.63, 3.8) is 0 Å². The minimum Gasteiger partial charge on any atom is -0.481 e. The smallest absolute Gasteiger partial charge is 0.304 e. The Bertz CT molecular complexity index is 1200. The van der Waals surface area contributed by atoms with Crippen molar-refractivity contribution in [2.75, 3.05) is 6.26 Å². The summed E-state index contributed by atoms with van der Waals surface area (Å²) in [6, 6.07) is 12.8. The van der Waals surface area contributed by atoms with Crippen LogP contribution in [0.3, 0.4) is 0 Å². The van der Waals surface area contributed by atoms with Crippen LogP contribution < -0.4 is 0 Å². The van der Waals surface area contributed by atoms with Crippen molar-refractivity contribution in [2.24, 2.45) is 0 Å². The molecule has 0 aliphatic carbocycles. The largest absolute Gasteiger partial charge is 0.481 e. The van der Waals surface area contributed by atoms with Crippen LogP contribution in [0.2, 0.25) is 5.02 Å². The molecule has 4 rings (SSSR count). The first-order valence-corrected chi connectivity index (χ1v) is 11.8. The van der Waals surface area contributed by atoms with Crippen molar-refractivity contribution in [3.05, 3.63) is 64.3 Å². The molecule has 0 fully saturated rings. The maximum absolute atomic E-state index is 12.5. The van der Waals surface area contributed by atoms with E-state index in [0.29, 0.717) is 16.3 Å². The summed E-state index contributed by atoms with van der Waals surface area (Å²) < 4.78 is 27.2. The zero-order valence-electron chi connectivity index (χ0n) is 16.1. The molecule has 0 saturated heterocycles. The quantitative estimate of drug-likeness (QED) is 0.638. The molecule has 1 aliphatic rings. The second-order valence-corrected chi connectivity index (χ2v) is 10.1. The number of carboxylic acid groups (broad SMARTS) is 1. The molecule has 2 aromatic carbocycles. The molecule has 1 unspecified atom stereocenters. The molecule has 0 spiro atoms. The Morgan fingerprint density at radius 2 is 1.93 bits per heavy atom. The highest BCUT2D eigenvalue weighted by Gasteiger charge is 2.31. The van der Waals surface area contributed by atoms with Crippen molar-refractivity contribution < 1.29 is 18.3 Å². The van der Waals surface area contributed by atoms with E-state index >= 15 is 0 Å². The summed E-state index contributed by atoms with van der Waals surface area (Å²) in [5.41, 5.74) is 3.74. The van der Waals surface area contributed by atoms with Crippen LogP contribution in [0.25, 0.3) is 10.9 Å². The number of nitrogens with zero attached hydrogens (tertiary/aromatic N) is 1. The molecule has 29 heavy (non-hydrogen) atoms. The molecule has 5 nitrogen and oxygen atoms in total. The van der Waals surface area contributed by atoms with Gasteiger partial charge >= 0.3 is 5.97 Å². The summed E-state index contributed by atoms with van der Waals surface area (Å²) in [6.45, 7) is 0.760. The third kappa shape index (κ3) is 3.79. The predicted molar refractivity (Wildman–Crippen MR) is 114 cm³/mol. The molecule has 0 amide bonds. The van der Waals surface area contributed by atoms with Crippen LogP contribution in [-0.2, 0) is 27.6 Å². The van der Waals surface area contributed by atoms with Gasteiger partial charge in [-0.05, 0) is 54.7 Å². The summed E-state index contributed by atoms with van der Waals surface area (Å²) in [5.74, 6) is -0.974. The average molecular weight is 432 g/mol. The Morgan fingerprint density at radius 1 is 1.21 bits per heavy atom. The number of aryl methyl sites for hydroxylation is 1. The van der Waals surface area contributed by atoms with Crippen LogP contribution in [0.5, 0.6) is 0 Å².